The van der Waals surface area contributed by atoms with Crippen LogP contribution < -0.4 is 0 Å². The Hall–Kier alpha value is -0.300. The Morgan fingerprint density at radius 3 is 2.17 bits per heavy atom. The van der Waals surface area contributed by atoms with Gasteiger partial charge >= 0.3 is 0 Å². The topological polar surface area (TPSA) is 20.2 Å². The second kappa shape index (κ2) is 6.24. The fraction of sp³-hybridized carbons (Fsp3) is 0.818. The van der Waals surface area contributed by atoms with Crippen molar-refractivity contribution in [3.05, 3.63) is 11.1 Å². The second-order valence-electron chi connectivity index (χ2n) is 4.00. The van der Waals surface area contributed by atoms with Crippen LogP contribution in [0.5, 0.6) is 0 Å². The van der Waals surface area contributed by atoms with Crippen molar-refractivity contribution in [1.29, 1.82) is 0 Å². The Labute approximate surface area is 76.5 Å². The molecule has 0 amide bonds. The Bertz CT molecular complexity index is 145. The summed E-state index contributed by atoms with van der Waals surface area (Å²) < 4.78 is 0. The predicted octanol–water partition coefficient (Wildman–Crippen LogP) is 3.14. The smallest absolute Gasteiger partial charge is 0.0641 e. The molecule has 0 heterocycles. The van der Waals surface area contributed by atoms with Crippen LogP contribution in [0.1, 0.15) is 47.0 Å². The van der Waals surface area contributed by atoms with E-state index in [0.29, 0.717) is 0 Å². The van der Waals surface area contributed by atoms with Gasteiger partial charge in [0.05, 0.1) is 6.61 Å². The van der Waals surface area contributed by atoms with E-state index in [1.54, 1.807) is 0 Å². The highest BCUT2D eigenvalue weighted by Gasteiger charge is 1.97. The zero-order valence-electron chi connectivity index (χ0n) is 8.85. The fourth-order valence-corrected chi connectivity index (χ4v) is 1.12. The van der Waals surface area contributed by atoms with Crippen LogP contribution in [0.2, 0.25) is 0 Å². The van der Waals surface area contributed by atoms with Crippen molar-refractivity contribution in [1.82, 2.24) is 0 Å². The number of aliphatic hydroxyl groups excluding tert-OH is 1. The third kappa shape index (κ3) is 5.36. The molecule has 0 aliphatic carbocycles. The lowest BCUT2D eigenvalue weighted by atomic mass is 10.0. The molecule has 0 fully saturated rings. The van der Waals surface area contributed by atoms with Crippen LogP contribution in [0, 0.1) is 5.92 Å². The van der Waals surface area contributed by atoms with Crippen molar-refractivity contribution in [3.63, 3.8) is 0 Å². The number of allylic oxidation sites excluding steroid dienone is 1. The normalized spacial score (nSPS) is 13.5. The first-order chi connectivity index (χ1) is 5.57. The molecule has 0 saturated heterocycles. The maximum atomic E-state index is 8.86. The molecule has 0 bridgehead atoms. The van der Waals surface area contributed by atoms with Crippen molar-refractivity contribution in [3.8, 4) is 0 Å². The highest BCUT2D eigenvalue weighted by atomic mass is 16.3. The molecule has 0 rings (SSSR count). The summed E-state index contributed by atoms with van der Waals surface area (Å²) in [7, 11) is 0. The van der Waals surface area contributed by atoms with Crippen LogP contribution in [-0.2, 0) is 0 Å². The van der Waals surface area contributed by atoms with Crippen molar-refractivity contribution in [2.75, 3.05) is 6.61 Å². The van der Waals surface area contributed by atoms with Crippen LogP contribution in [0.15, 0.2) is 11.1 Å². The Morgan fingerprint density at radius 2 is 1.75 bits per heavy atom. The van der Waals surface area contributed by atoms with Gasteiger partial charge in [-0.05, 0) is 38.2 Å². The minimum absolute atomic E-state index is 0.216. The lowest BCUT2D eigenvalue weighted by molar-refractivity contribution is 0.329. The van der Waals surface area contributed by atoms with Gasteiger partial charge in [0.15, 0.2) is 0 Å². The number of hydrogen-bond acceptors (Lipinski definition) is 1. The van der Waals surface area contributed by atoms with E-state index >= 15 is 0 Å². The second-order valence-corrected chi connectivity index (χ2v) is 4.00. The average Bonchev–Trinajstić information content (AvgIpc) is 2.02. The molecule has 0 aromatic rings. The van der Waals surface area contributed by atoms with Gasteiger partial charge in [0, 0.05) is 0 Å². The van der Waals surface area contributed by atoms with Gasteiger partial charge in [-0.25, -0.2) is 0 Å². The molecule has 0 aromatic carbocycles. The summed E-state index contributed by atoms with van der Waals surface area (Å²) in [5.74, 6) is 0.798. The van der Waals surface area contributed by atoms with Crippen LogP contribution in [0.25, 0.3) is 0 Å². The number of rotatable bonds is 5. The molecule has 1 N–H and O–H groups in total. The largest absolute Gasteiger partial charge is 0.392 e. The summed E-state index contributed by atoms with van der Waals surface area (Å²) in [5.41, 5.74) is 2.50. The van der Waals surface area contributed by atoms with Crippen LogP contribution in [0.3, 0.4) is 0 Å². The minimum atomic E-state index is 0.216. The van der Waals surface area contributed by atoms with E-state index in [1.807, 2.05) is 6.92 Å². The Balaban J connectivity index is 3.63. The third-order valence-corrected chi connectivity index (χ3v) is 2.30. The van der Waals surface area contributed by atoms with E-state index in [-0.39, 0.29) is 6.61 Å². The molecule has 12 heavy (non-hydrogen) atoms. The minimum Gasteiger partial charge on any atom is -0.392 e. The Kier molecular flexibility index (Phi) is 6.09. The molecule has 0 aromatic heterocycles. The van der Waals surface area contributed by atoms with Gasteiger partial charge < -0.3 is 5.11 Å². The summed E-state index contributed by atoms with van der Waals surface area (Å²) in [6.45, 7) is 8.83. The highest BCUT2D eigenvalue weighted by Crippen LogP contribution is 2.14. The maximum absolute atomic E-state index is 8.86. The van der Waals surface area contributed by atoms with Gasteiger partial charge in [-0.3, -0.25) is 0 Å². The fourth-order valence-electron chi connectivity index (χ4n) is 1.12. The van der Waals surface area contributed by atoms with Crippen molar-refractivity contribution < 1.29 is 5.11 Å². The van der Waals surface area contributed by atoms with E-state index in [4.69, 9.17) is 5.11 Å². The molecule has 1 heteroatoms. The lowest BCUT2D eigenvalue weighted by Crippen LogP contribution is -1.92. The zero-order valence-corrected chi connectivity index (χ0v) is 8.85. The summed E-state index contributed by atoms with van der Waals surface area (Å²) in [5, 5.41) is 8.86. The summed E-state index contributed by atoms with van der Waals surface area (Å²) in [4.78, 5) is 0. The monoisotopic (exact) mass is 170 g/mol. The van der Waals surface area contributed by atoms with Gasteiger partial charge in [-0.15, -0.1) is 0 Å². The molecule has 0 aliphatic rings. The van der Waals surface area contributed by atoms with E-state index in [0.717, 1.165) is 17.9 Å². The maximum Gasteiger partial charge on any atom is 0.0641 e. The highest BCUT2D eigenvalue weighted by molar-refractivity contribution is 5.09. The number of aliphatic hydroxyl groups is 1. The summed E-state index contributed by atoms with van der Waals surface area (Å²) in [6, 6.07) is 0. The van der Waals surface area contributed by atoms with Gasteiger partial charge in [0.2, 0.25) is 0 Å². The molecule has 0 atom stereocenters. The van der Waals surface area contributed by atoms with Gasteiger partial charge in [0.25, 0.3) is 0 Å². The SMILES string of the molecule is C/C(CO)=C(\C)CCCC(C)C. The molecular formula is C11H22O. The molecule has 0 spiro atoms. The van der Waals surface area contributed by atoms with Crippen LogP contribution in [0.4, 0.5) is 0 Å². The first-order valence-corrected chi connectivity index (χ1v) is 4.84. The van der Waals surface area contributed by atoms with Crippen LogP contribution >= 0.6 is 0 Å². The average molecular weight is 170 g/mol. The first kappa shape index (κ1) is 11.7. The van der Waals surface area contributed by atoms with Crippen molar-refractivity contribution in [2.24, 2.45) is 5.92 Å². The quantitative estimate of drug-likeness (QED) is 0.628. The molecule has 0 radical (unpaired) electrons. The first-order valence-electron chi connectivity index (χ1n) is 4.84. The van der Waals surface area contributed by atoms with Crippen molar-refractivity contribution in [2.45, 2.75) is 47.0 Å². The summed E-state index contributed by atoms with van der Waals surface area (Å²) >= 11 is 0. The summed E-state index contributed by atoms with van der Waals surface area (Å²) in [6.07, 6.45) is 3.68. The molecule has 0 unspecified atom stereocenters. The van der Waals surface area contributed by atoms with E-state index < -0.39 is 0 Å². The van der Waals surface area contributed by atoms with E-state index in [9.17, 15) is 0 Å². The zero-order chi connectivity index (χ0) is 9.56. The molecule has 72 valence electrons. The van der Waals surface area contributed by atoms with Gasteiger partial charge in [-0.2, -0.15) is 0 Å². The van der Waals surface area contributed by atoms with Crippen LogP contribution in [-0.4, -0.2) is 11.7 Å². The molecular weight excluding hydrogens is 148 g/mol. The van der Waals surface area contributed by atoms with Gasteiger partial charge in [0.1, 0.15) is 0 Å². The van der Waals surface area contributed by atoms with Crippen molar-refractivity contribution >= 4 is 0 Å². The third-order valence-electron chi connectivity index (χ3n) is 2.30. The molecule has 0 saturated carbocycles. The predicted molar refractivity (Wildman–Crippen MR) is 54.1 cm³/mol. The van der Waals surface area contributed by atoms with Gasteiger partial charge in [-0.1, -0.05) is 25.8 Å². The molecule has 0 aliphatic heterocycles. The van der Waals surface area contributed by atoms with E-state index in [2.05, 4.69) is 20.8 Å². The Morgan fingerprint density at radius 1 is 1.17 bits per heavy atom. The lowest BCUT2D eigenvalue weighted by Gasteiger charge is -2.06. The van der Waals surface area contributed by atoms with E-state index in [1.165, 1.54) is 18.4 Å². The molecule has 1 nitrogen and oxygen atoms in total. The standard InChI is InChI=1S/C11H22O/c1-9(2)6-5-7-10(3)11(4)8-12/h9,12H,5-8H2,1-4H3/b11-10-. The number of hydrogen-bond donors (Lipinski definition) is 1.